The molecule has 4 heteroatoms. The van der Waals surface area contributed by atoms with Gasteiger partial charge in [0, 0.05) is 11.8 Å². The van der Waals surface area contributed by atoms with E-state index < -0.39 is 12.4 Å². The SMILES string of the molecule is CC1[C@@H]2OC3C(=O)O[C@@H]2O[C@@H]1[C@@H]3C. The van der Waals surface area contributed by atoms with Crippen molar-refractivity contribution in [2.45, 2.75) is 38.4 Å². The topological polar surface area (TPSA) is 44.8 Å². The summed E-state index contributed by atoms with van der Waals surface area (Å²) in [6.45, 7) is 4.07. The first-order valence-electron chi connectivity index (χ1n) is 4.70. The van der Waals surface area contributed by atoms with Gasteiger partial charge in [0.05, 0.1) is 6.10 Å². The normalized spacial score (nSPS) is 58.2. The van der Waals surface area contributed by atoms with Crippen LogP contribution in [0, 0.1) is 11.8 Å². The van der Waals surface area contributed by atoms with Crippen molar-refractivity contribution in [3.8, 4) is 0 Å². The lowest BCUT2D eigenvalue weighted by atomic mass is 9.84. The Balaban J connectivity index is 2.02. The van der Waals surface area contributed by atoms with Gasteiger partial charge >= 0.3 is 5.97 Å². The maximum Gasteiger partial charge on any atom is 0.338 e. The Morgan fingerprint density at radius 3 is 2.62 bits per heavy atom. The van der Waals surface area contributed by atoms with Crippen LogP contribution in [0.2, 0.25) is 0 Å². The predicted molar refractivity (Wildman–Crippen MR) is 41.7 cm³/mol. The van der Waals surface area contributed by atoms with Gasteiger partial charge in [0.25, 0.3) is 0 Å². The standard InChI is InChI=1S/C9H12O4/c1-3-5-4(2)7-9(12-5)13-8(10)6(3)11-7/h3-7,9H,1-2H3/t3-,4?,5+,6?,7-,9-/m0/s1. The number of carbonyl (C=O) groups excluding carboxylic acids is 1. The second-order valence-corrected chi connectivity index (χ2v) is 4.15. The van der Waals surface area contributed by atoms with Crippen molar-refractivity contribution in [3.05, 3.63) is 0 Å². The number of fused-ring (bicyclic) bond motifs is 2. The average molecular weight is 184 g/mol. The van der Waals surface area contributed by atoms with Gasteiger partial charge in [0.2, 0.25) is 6.29 Å². The molecular formula is C9H12O4. The molecule has 0 spiro atoms. The molecule has 0 N–H and O–H groups in total. The Labute approximate surface area is 76.1 Å². The maximum absolute atomic E-state index is 11.3. The van der Waals surface area contributed by atoms with Gasteiger partial charge in [-0.1, -0.05) is 13.8 Å². The van der Waals surface area contributed by atoms with Gasteiger partial charge in [-0.2, -0.15) is 0 Å². The highest BCUT2D eigenvalue weighted by atomic mass is 16.8. The fourth-order valence-electron chi connectivity index (χ4n) is 2.59. The minimum atomic E-state index is -0.450. The highest BCUT2D eigenvalue weighted by Gasteiger charge is 2.59. The minimum Gasteiger partial charge on any atom is -0.431 e. The number of ether oxygens (including phenoxy) is 3. The smallest absolute Gasteiger partial charge is 0.338 e. The zero-order valence-corrected chi connectivity index (χ0v) is 7.60. The van der Waals surface area contributed by atoms with E-state index in [0.717, 1.165) is 0 Å². The van der Waals surface area contributed by atoms with Crippen LogP contribution < -0.4 is 0 Å². The summed E-state index contributed by atoms with van der Waals surface area (Å²) in [5.74, 6) is 0.193. The molecule has 13 heavy (non-hydrogen) atoms. The lowest BCUT2D eigenvalue weighted by molar-refractivity contribution is -0.225. The molecule has 72 valence electrons. The van der Waals surface area contributed by atoms with E-state index in [1.54, 1.807) is 0 Å². The molecule has 0 aromatic carbocycles. The first-order chi connectivity index (χ1) is 6.18. The van der Waals surface area contributed by atoms with Crippen molar-refractivity contribution in [2.75, 3.05) is 0 Å². The molecule has 3 aliphatic heterocycles. The van der Waals surface area contributed by atoms with Crippen molar-refractivity contribution in [1.82, 2.24) is 0 Å². The summed E-state index contributed by atoms with van der Waals surface area (Å²) in [6, 6.07) is 0. The summed E-state index contributed by atoms with van der Waals surface area (Å²) in [5.41, 5.74) is 0. The van der Waals surface area contributed by atoms with Gasteiger partial charge < -0.3 is 14.2 Å². The Bertz CT molecular complexity index is 264. The molecule has 6 atom stereocenters. The van der Waals surface area contributed by atoms with Crippen LogP contribution in [0.1, 0.15) is 13.8 Å². The minimum absolute atomic E-state index is 0.0381. The van der Waals surface area contributed by atoms with Gasteiger partial charge in [-0.05, 0) is 0 Å². The van der Waals surface area contributed by atoms with E-state index in [0.29, 0.717) is 5.92 Å². The fraction of sp³-hybridized carbons (Fsp3) is 0.889. The van der Waals surface area contributed by atoms with Crippen LogP contribution in [0.25, 0.3) is 0 Å². The third kappa shape index (κ3) is 0.802. The molecule has 3 heterocycles. The van der Waals surface area contributed by atoms with E-state index in [2.05, 4.69) is 6.92 Å². The Kier molecular flexibility index (Phi) is 1.34. The second kappa shape index (κ2) is 2.25. The number of rotatable bonds is 0. The van der Waals surface area contributed by atoms with Gasteiger partial charge in [0.1, 0.15) is 6.10 Å². The van der Waals surface area contributed by atoms with Crippen LogP contribution in [0.4, 0.5) is 0 Å². The summed E-state index contributed by atoms with van der Waals surface area (Å²) in [7, 11) is 0. The summed E-state index contributed by atoms with van der Waals surface area (Å²) in [4.78, 5) is 11.3. The third-order valence-electron chi connectivity index (χ3n) is 3.36. The van der Waals surface area contributed by atoms with E-state index in [9.17, 15) is 4.79 Å². The molecule has 0 aromatic rings. The zero-order valence-electron chi connectivity index (χ0n) is 7.60. The molecule has 4 nitrogen and oxygen atoms in total. The second-order valence-electron chi connectivity index (χ2n) is 4.15. The average Bonchev–Trinajstić information content (AvgIpc) is 2.25. The molecular weight excluding hydrogens is 172 g/mol. The van der Waals surface area contributed by atoms with Crippen molar-refractivity contribution < 1.29 is 19.0 Å². The molecule has 2 unspecified atom stereocenters. The van der Waals surface area contributed by atoms with Gasteiger partial charge in [-0.3, -0.25) is 0 Å². The van der Waals surface area contributed by atoms with Crippen LogP contribution >= 0.6 is 0 Å². The van der Waals surface area contributed by atoms with E-state index in [1.165, 1.54) is 0 Å². The molecule has 0 aromatic heterocycles. The van der Waals surface area contributed by atoms with Crippen molar-refractivity contribution in [3.63, 3.8) is 0 Å². The monoisotopic (exact) mass is 184 g/mol. The highest BCUT2D eigenvalue weighted by Crippen LogP contribution is 2.44. The first kappa shape index (κ1) is 7.76. The Morgan fingerprint density at radius 2 is 1.85 bits per heavy atom. The van der Waals surface area contributed by atoms with E-state index in [1.807, 2.05) is 6.92 Å². The van der Waals surface area contributed by atoms with Crippen LogP contribution in [-0.2, 0) is 19.0 Å². The van der Waals surface area contributed by atoms with Crippen LogP contribution in [0.15, 0.2) is 0 Å². The van der Waals surface area contributed by atoms with E-state index >= 15 is 0 Å². The summed E-state index contributed by atoms with van der Waals surface area (Å²) in [5, 5.41) is 0. The molecule has 3 saturated heterocycles. The molecule has 0 saturated carbocycles. The van der Waals surface area contributed by atoms with Crippen LogP contribution in [0.5, 0.6) is 0 Å². The predicted octanol–water partition coefficient (Wildman–Crippen LogP) is 0.308. The quantitative estimate of drug-likeness (QED) is 0.508. The largest absolute Gasteiger partial charge is 0.431 e. The van der Waals surface area contributed by atoms with Crippen molar-refractivity contribution in [2.24, 2.45) is 11.8 Å². The van der Waals surface area contributed by atoms with Crippen LogP contribution in [-0.4, -0.2) is 30.6 Å². The molecule has 3 fully saturated rings. The van der Waals surface area contributed by atoms with Gasteiger partial charge in [-0.25, -0.2) is 4.79 Å². The molecule has 3 bridgehead atoms. The molecule has 3 rings (SSSR count). The summed E-state index contributed by atoms with van der Waals surface area (Å²) < 4.78 is 16.3. The van der Waals surface area contributed by atoms with Crippen molar-refractivity contribution in [1.29, 1.82) is 0 Å². The lowest BCUT2D eigenvalue weighted by Gasteiger charge is -2.38. The first-order valence-corrected chi connectivity index (χ1v) is 4.70. The van der Waals surface area contributed by atoms with Crippen molar-refractivity contribution >= 4 is 5.97 Å². The third-order valence-corrected chi connectivity index (χ3v) is 3.36. The Hall–Kier alpha value is -0.610. The fourth-order valence-corrected chi connectivity index (χ4v) is 2.59. The summed E-state index contributed by atoms with van der Waals surface area (Å²) >= 11 is 0. The number of hydrogen-bond acceptors (Lipinski definition) is 4. The number of carbonyl (C=O) groups is 1. The molecule has 3 aliphatic rings. The van der Waals surface area contributed by atoms with E-state index in [4.69, 9.17) is 14.2 Å². The highest BCUT2D eigenvalue weighted by molar-refractivity contribution is 5.76. The van der Waals surface area contributed by atoms with Crippen LogP contribution in [0.3, 0.4) is 0 Å². The zero-order chi connectivity index (χ0) is 9.16. The molecule has 0 amide bonds. The maximum atomic E-state index is 11.3. The number of esters is 1. The Morgan fingerprint density at radius 1 is 1.08 bits per heavy atom. The lowest BCUT2D eigenvalue weighted by Crippen LogP contribution is -2.53. The molecule has 0 aliphatic carbocycles. The van der Waals surface area contributed by atoms with Gasteiger partial charge in [-0.15, -0.1) is 0 Å². The summed E-state index contributed by atoms with van der Waals surface area (Å²) in [6.07, 6.45) is -0.761. The van der Waals surface area contributed by atoms with Gasteiger partial charge in [0.15, 0.2) is 6.10 Å². The molecule has 0 radical (unpaired) electrons. The van der Waals surface area contributed by atoms with E-state index in [-0.39, 0.29) is 24.1 Å². The number of hydrogen-bond donors (Lipinski definition) is 0.